The third-order valence-electron chi connectivity index (χ3n) is 4.01. The first-order chi connectivity index (χ1) is 10.6. The molecule has 6 heteroatoms. The van der Waals surface area contributed by atoms with Crippen LogP contribution in [0.25, 0.3) is 0 Å². The van der Waals surface area contributed by atoms with Crippen LogP contribution in [0.4, 0.5) is 5.69 Å². The molecule has 0 radical (unpaired) electrons. The molecule has 22 heavy (non-hydrogen) atoms. The Morgan fingerprint density at radius 1 is 1.27 bits per heavy atom. The number of nitrogens with zero attached hydrogens (tertiary/aromatic N) is 1. The van der Waals surface area contributed by atoms with Gasteiger partial charge in [0.1, 0.15) is 13.2 Å². The molecule has 120 valence electrons. The molecule has 0 saturated carbocycles. The second kappa shape index (κ2) is 6.54. The number of amides is 1. The van der Waals surface area contributed by atoms with Crippen LogP contribution in [0.2, 0.25) is 0 Å². The highest BCUT2D eigenvalue weighted by Crippen LogP contribution is 2.32. The molecule has 0 aromatic heterocycles. The predicted octanol–water partition coefficient (Wildman–Crippen LogP) is 1.51. The monoisotopic (exact) mass is 306 g/mol. The van der Waals surface area contributed by atoms with Crippen molar-refractivity contribution in [2.24, 2.45) is 0 Å². The second-order valence-corrected chi connectivity index (χ2v) is 5.70. The second-order valence-electron chi connectivity index (χ2n) is 5.70. The van der Waals surface area contributed by atoms with Gasteiger partial charge in [-0.1, -0.05) is 0 Å². The molecule has 2 heterocycles. The van der Waals surface area contributed by atoms with E-state index in [-0.39, 0.29) is 18.1 Å². The van der Waals surface area contributed by atoms with Gasteiger partial charge in [0.15, 0.2) is 11.5 Å². The molecular formula is C16H22N2O4. The summed E-state index contributed by atoms with van der Waals surface area (Å²) in [6.07, 6.45) is 0.165. The number of hydrogen-bond donors (Lipinski definition) is 1. The van der Waals surface area contributed by atoms with E-state index in [0.29, 0.717) is 25.6 Å². The Balaban J connectivity index is 1.63. The topological polar surface area (TPSA) is 60.0 Å². The number of hydrogen-bond acceptors (Lipinski definition) is 5. The highest BCUT2D eigenvalue weighted by Gasteiger charge is 2.26. The molecule has 6 nitrogen and oxygen atoms in total. The zero-order chi connectivity index (χ0) is 15.5. The van der Waals surface area contributed by atoms with Crippen LogP contribution in [0.3, 0.4) is 0 Å². The standard InChI is InChI=1S/C16H22N2O4/c1-11-10-18(5-6-20-11)12(2)16(19)17-13-3-4-14-15(9-13)22-8-7-21-14/h3-4,9,11-12H,5-8,10H2,1-2H3,(H,17,19). The van der Waals surface area contributed by atoms with Gasteiger partial charge in [-0.15, -0.1) is 0 Å². The summed E-state index contributed by atoms with van der Waals surface area (Å²) >= 11 is 0. The molecule has 1 amide bonds. The van der Waals surface area contributed by atoms with E-state index in [0.717, 1.165) is 24.5 Å². The largest absolute Gasteiger partial charge is 0.486 e. The van der Waals surface area contributed by atoms with Crippen molar-refractivity contribution in [1.29, 1.82) is 0 Å². The lowest BCUT2D eigenvalue weighted by atomic mass is 10.2. The predicted molar refractivity (Wildman–Crippen MR) is 82.5 cm³/mol. The Bertz CT molecular complexity index is 549. The summed E-state index contributed by atoms with van der Waals surface area (Å²) in [7, 11) is 0. The zero-order valence-electron chi connectivity index (χ0n) is 13.0. The molecule has 3 rings (SSSR count). The lowest BCUT2D eigenvalue weighted by Gasteiger charge is -2.34. The fourth-order valence-electron chi connectivity index (χ4n) is 2.73. The van der Waals surface area contributed by atoms with Gasteiger partial charge in [0.2, 0.25) is 5.91 Å². The maximum Gasteiger partial charge on any atom is 0.241 e. The van der Waals surface area contributed by atoms with Gasteiger partial charge in [-0.3, -0.25) is 9.69 Å². The molecule has 0 aliphatic carbocycles. The molecule has 2 aliphatic rings. The van der Waals surface area contributed by atoms with Gasteiger partial charge in [-0.05, 0) is 26.0 Å². The third-order valence-corrected chi connectivity index (χ3v) is 4.01. The number of carbonyl (C=O) groups is 1. The minimum Gasteiger partial charge on any atom is -0.486 e. The Kier molecular flexibility index (Phi) is 4.49. The summed E-state index contributed by atoms with van der Waals surface area (Å²) in [4.78, 5) is 14.6. The first-order valence-electron chi connectivity index (χ1n) is 7.69. The Morgan fingerprint density at radius 2 is 2.05 bits per heavy atom. The van der Waals surface area contributed by atoms with Gasteiger partial charge in [0.05, 0.1) is 18.8 Å². The van der Waals surface area contributed by atoms with E-state index in [1.54, 1.807) is 6.07 Å². The minimum absolute atomic E-state index is 0.0224. The number of nitrogens with one attached hydrogen (secondary N) is 1. The van der Waals surface area contributed by atoms with Gasteiger partial charge in [-0.2, -0.15) is 0 Å². The van der Waals surface area contributed by atoms with Gasteiger partial charge in [-0.25, -0.2) is 0 Å². The molecular weight excluding hydrogens is 284 g/mol. The van der Waals surface area contributed by atoms with Gasteiger partial charge in [0.25, 0.3) is 0 Å². The summed E-state index contributed by atoms with van der Waals surface area (Å²) < 4.78 is 16.5. The third kappa shape index (κ3) is 3.34. The van der Waals surface area contributed by atoms with Crippen LogP contribution in [0, 0.1) is 0 Å². The fourth-order valence-corrected chi connectivity index (χ4v) is 2.73. The van der Waals surface area contributed by atoms with Crippen molar-refractivity contribution in [1.82, 2.24) is 4.90 Å². The Morgan fingerprint density at radius 3 is 2.82 bits per heavy atom. The van der Waals surface area contributed by atoms with E-state index < -0.39 is 0 Å². The van der Waals surface area contributed by atoms with E-state index in [1.807, 2.05) is 26.0 Å². The number of anilines is 1. The van der Waals surface area contributed by atoms with Crippen LogP contribution in [0.15, 0.2) is 18.2 Å². The van der Waals surface area contributed by atoms with Crippen LogP contribution in [0.5, 0.6) is 11.5 Å². The first-order valence-corrected chi connectivity index (χ1v) is 7.69. The molecule has 0 spiro atoms. The van der Waals surface area contributed by atoms with Crippen molar-refractivity contribution in [2.75, 3.05) is 38.2 Å². The minimum atomic E-state index is -0.195. The lowest BCUT2D eigenvalue weighted by molar-refractivity contribution is -0.123. The molecule has 1 N–H and O–H groups in total. The zero-order valence-corrected chi connectivity index (χ0v) is 13.0. The molecule has 1 aromatic carbocycles. The molecule has 0 bridgehead atoms. The highest BCUT2D eigenvalue weighted by molar-refractivity contribution is 5.94. The number of fused-ring (bicyclic) bond motifs is 1. The van der Waals surface area contributed by atoms with Crippen LogP contribution in [0.1, 0.15) is 13.8 Å². The summed E-state index contributed by atoms with van der Waals surface area (Å²) in [6.45, 7) is 7.26. The highest BCUT2D eigenvalue weighted by atomic mass is 16.6. The van der Waals surface area contributed by atoms with Gasteiger partial charge < -0.3 is 19.5 Å². The summed E-state index contributed by atoms with van der Waals surface area (Å²) in [5.74, 6) is 1.38. The van der Waals surface area contributed by atoms with Crippen molar-refractivity contribution < 1.29 is 19.0 Å². The van der Waals surface area contributed by atoms with Gasteiger partial charge >= 0.3 is 0 Å². The molecule has 1 fully saturated rings. The van der Waals surface area contributed by atoms with E-state index in [9.17, 15) is 4.79 Å². The quantitative estimate of drug-likeness (QED) is 0.917. The van der Waals surface area contributed by atoms with E-state index in [2.05, 4.69) is 10.2 Å². The van der Waals surface area contributed by atoms with E-state index in [1.165, 1.54) is 0 Å². The van der Waals surface area contributed by atoms with Crippen molar-refractivity contribution in [2.45, 2.75) is 26.0 Å². The smallest absolute Gasteiger partial charge is 0.241 e. The average Bonchev–Trinajstić information content (AvgIpc) is 2.54. The maximum atomic E-state index is 12.4. The molecule has 2 aliphatic heterocycles. The van der Waals surface area contributed by atoms with Crippen LogP contribution in [-0.4, -0.2) is 55.9 Å². The summed E-state index contributed by atoms with van der Waals surface area (Å²) in [5.41, 5.74) is 0.724. The van der Waals surface area contributed by atoms with Crippen LogP contribution >= 0.6 is 0 Å². The Labute approximate surface area is 130 Å². The van der Waals surface area contributed by atoms with Crippen molar-refractivity contribution >= 4 is 11.6 Å². The fraction of sp³-hybridized carbons (Fsp3) is 0.562. The number of morpholine rings is 1. The first kappa shape index (κ1) is 15.1. The van der Waals surface area contributed by atoms with Crippen LogP contribution < -0.4 is 14.8 Å². The lowest BCUT2D eigenvalue weighted by Crippen LogP contribution is -2.50. The van der Waals surface area contributed by atoms with E-state index >= 15 is 0 Å². The summed E-state index contributed by atoms with van der Waals surface area (Å²) in [6, 6.07) is 5.27. The molecule has 1 saturated heterocycles. The normalized spacial score (nSPS) is 22.9. The Hall–Kier alpha value is -1.79. The SMILES string of the molecule is CC1CN(C(C)C(=O)Nc2ccc3c(c2)OCCO3)CCO1. The molecule has 2 atom stereocenters. The van der Waals surface area contributed by atoms with Crippen LogP contribution in [-0.2, 0) is 9.53 Å². The molecule has 2 unspecified atom stereocenters. The number of ether oxygens (including phenoxy) is 3. The number of benzene rings is 1. The maximum absolute atomic E-state index is 12.4. The van der Waals surface area contributed by atoms with Crippen molar-refractivity contribution in [3.63, 3.8) is 0 Å². The molecule has 1 aromatic rings. The number of rotatable bonds is 3. The number of carbonyl (C=O) groups excluding carboxylic acids is 1. The van der Waals surface area contributed by atoms with Crippen molar-refractivity contribution in [3.8, 4) is 11.5 Å². The average molecular weight is 306 g/mol. The van der Waals surface area contributed by atoms with Gasteiger partial charge in [0, 0.05) is 24.8 Å². The van der Waals surface area contributed by atoms with Crippen molar-refractivity contribution in [3.05, 3.63) is 18.2 Å². The summed E-state index contributed by atoms with van der Waals surface area (Å²) in [5, 5.41) is 2.95. The van der Waals surface area contributed by atoms with E-state index in [4.69, 9.17) is 14.2 Å².